The van der Waals surface area contributed by atoms with Gasteiger partial charge < -0.3 is 4.74 Å². The number of rotatable bonds is 10. The molecule has 0 aliphatic carbocycles. The molecule has 0 bridgehead atoms. The number of unbranched alkanes of at least 4 members (excludes halogenated alkanes) is 1. The molecule has 1 atom stereocenters. The second-order valence-electron chi connectivity index (χ2n) is 6.35. The van der Waals surface area contributed by atoms with Crippen molar-refractivity contribution in [3.63, 3.8) is 0 Å². The van der Waals surface area contributed by atoms with Crippen LogP contribution in [0.4, 0.5) is 0 Å². The van der Waals surface area contributed by atoms with Crippen LogP contribution >= 0.6 is 0 Å². The maximum Gasteiger partial charge on any atom is 0.305 e. The molecule has 6 heteroatoms. The summed E-state index contributed by atoms with van der Waals surface area (Å²) in [6.07, 6.45) is 6.19. The molecule has 0 N–H and O–H groups in total. The molecule has 1 saturated heterocycles. The normalized spacial score (nSPS) is 19.7. The molecule has 1 rings (SSSR count). The molecule has 0 saturated carbocycles. The SMILES string of the molecule is CCCCC(C)CCCC(=O)OCCN1CCS(=O)(=O)CC1. The molecule has 1 unspecified atom stereocenters. The first-order valence-corrected chi connectivity index (χ1v) is 10.3. The topological polar surface area (TPSA) is 63.7 Å². The molecule has 0 amide bonds. The van der Waals surface area contributed by atoms with Crippen LogP contribution in [0, 0.1) is 5.92 Å². The molecular formula is C16H31NO4S. The number of hydrogen-bond donors (Lipinski definition) is 0. The van der Waals surface area contributed by atoms with E-state index in [1.807, 2.05) is 4.90 Å². The Morgan fingerprint density at radius 2 is 1.82 bits per heavy atom. The predicted octanol–water partition coefficient (Wildman–Crippen LogP) is 2.26. The minimum absolute atomic E-state index is 0.132. The van der Waals surface area contributed by atoms with Crippen molar-refractivity contribution in [3.05, 3.63) is 0 Å². The molecule has 1 heterocycles. The predicted molar refractivity (Wildman–Crippen MR) is 88.6 cm³/mol. The van der Waals surface area contributed by atoms with Crippen LogP contribution in [0.5, 0.6) is 0 Å². The third-order valence-corrected chi connectivity index (χ3v) is 5.85. The number of carbonyl (C=O) groups is 1. The van der Waals surface area contributed by atoms with Gasteiger partial charge in [-0.05, 0) is 12.3 Å². The molecule has 0 aromatic heterocycles. The molecule has 0 radical (unpaired) electrons. The van der Waals surface area contributed by atoms with Crippen molar-refractivity contribution in [1.29, 1.82) is 0 Å². The molecule has 1 aliphatic heterocycles. The Labute approximate surface area is 135 Å². The van der Waals surface area contributed by atoms with Gasteiger partial charge in [-0.2, -0.15) is 0 Å². The lowest BCUT2D eigenvalue weighted by atomic mass is 9.98. The molecule has 1 fully saturated rings. The fraction of sp³-hybridized carbons (Fsp3) is 0.938. The van der Waals surface area contributed by atoms with Crippen molar-refractivity contribution in [3.8, 4) is 0 Å². The Balaban J connectivity index is 2.02. The minimum Gasteiger partial charge on any atom is -0.464 e. The summed E-state index contributed by atoms with van der Waals surface area (Å²) in [5, 5.41) is 0. The van der Waals surface area contributed by atoms with Gasteiger partial charge in [0.15, 0.2) is 9.84 Å². The van der Waals surface area contributed by atoms with Gasteiger partial charge in [0.25, 0.3) is 0 Å². The first kappa shape index (κ1) is 19.4. The van der Waals surface area contributed by atoms with E-state index in [0.29, 0.717) is 38.6 Å². The Bertz CT molecular complexity index is 408. The van der Waals surface area contributed by atoms with E-state index in [2.05, 4.69) is 13.8 Å². The average molecular weight is 333 g/mol. The maximum atomic E-state index is 11.6. The van der Waals surface area contributed by atoms with Crippen molar-refractivity contribution >= 4 is 15.8 Å². The van der Waals surface area contributed by atoms with Gasteiger partial charge in [-0.1, -0.05) is 39.5 Å². The summed E-state index contributed by atoms with van der Waals surface area (Å²) in [7, 11) is -2.83. The van der Waals surface area contributed by atoms with Crippen molar-refractivity contribution < 1.29 is 17.9 Å². The summed E-state index contributed by atoms with van der Waals surface area (Å²) in [6.45, 7) is 6.54. The highest BCUT2D eigenvalue weighted by molar-refractivity contribution is 7.91. The molecule has 22 heavy (non-hydrogen) atoms. The number of nitrogens with zero attached hydrogens (tertiary/aromatic N) is 1. The quantitative estimate of drug-likeness (QED) is 0.574. The lowest BCUT2D eigenvalue weighted by Crippen LogP contribution is -2.41. The summed E-state index contributed by atoms with van der Waals surface area (Å²) in [6, 6.07) is 0. The van der Waals surface area contributed by atoms with Crippen LogP contribution in [0.25, 0.3) is 0 Å². The van der Waals surface area contributed by atoms with E-state index < -0.39 is 9.84 Å². The van der Waals surface area contributed by atoms with Crippen LogP contribution in [0.1, 0.15) is 52.4 Å². The zero-order valence-electron chi connectivity index (χ0n) is 14.1. The average Bonchev–Trinajstić information content (AvgIpc) is 2.47. The highest BCUT2D eigenvalue weighted by atomic mass is 32.2. The number of ether oxygens (including phenoxy) is 1. The molecule has 0 aromatic carbocycles. The van der Waals surface area contributed by atoms with Gasteiger partial charge in [0, 0.05) is 26.1 Å². The van der Waals surface area contributed by atoms with Crippen molar-refractivity contribution in [2.45, 2.75) is 52.4 Å². The largest absolute Gasteiger partial charge is 0.464 e. The van der Waals surface area contributed by atoms with Gasteiger partial charge in [0.2, 0.25) is 0 Å². The van der Waals surface area contributed by atoms with Gasteiger partial charge >= 0.3 is 5.97 Å². The van der Waals surface area contributed by atoms with Crippen LogP contribution in [0.3, 0.4) is 0 Å². The third kappa shape index (κ3) is 8.73. The Morgan fingerprint density at radius 3 is 2.45 bits per heavy atom. The summed E-state index contributed by atoms with van der Waals surface area (Å²) in [5.74, 6) is 0.989. The van der Waals surface area contributed by atoms with Crippen LogP contribution in [0.15, 0.2) is 0 Å². The second-order valence-corrected chi connectivity index (χ2v) is 8.66. The van der Waals surface area contributed by atoms with Crippen molar-refractivity contribution in [2.75, 3.05) is 37.7 Å². The minimum atomic E-state index is -2.83. The lowest BCUT2D eigenvalue weighted by molar-refractivity contribution is -0.144. The third-order valence-electron chi connectivity index (χ3n) is 4.24. The fourth-order valence-electron chi connectivity index (χ4n) is 2.63. The van der Waals surface area contributed by atoms with E-state index in [4.69, 9.17) is 4.74 Å². The zero-order chi connectivity index (χ0) is 16.4. The standard InChI is InChI=1S/C16H31NO4S/c1-3-4-6-15(2)7-5-8-16(18)21-12-9-17-10-13-22(19,20)14-11-17/h15H,3-14H2,1-2H3. The second kappa shape index (κ2) is 10.2. The van der Waals surface area contributed by atoms with E-state index >= 15 is 0 Å². The van der Waals surface area contributed by atoms with Gasteiger partial charge in [0.1, 0.15) is 6.61 Å². The van der Waals surface area contributed by atoms with Crippen LogP contribution in [-0.2, 0) is 19.4 Å². The van der Waals surface area contributed by atoms with Crippen LogP contribution in [0.2, 0.25) is 0 Å². The molecular weight excluding hydrogens is 302 g/mol. The fourth-order valence-corrected chi connectivity index (χ4v) is 3.90. The lowest BCUT2D eigenvalue weighted by Gasteiger charge is -2.26. The van der Waals surface area contributed by atoms with Gasteiger partial charge in [-0.15, -0.1) is 0 Å². The summed E-state index contributed by atoms with van der Waals surface area (Å²) < 4.78 is 27.8. The number of sulfone groups is 1. The highest BCUT2D eigenvalue weighted by Gasteiger charge is 2.21. The summed E-state index contributed by atoms with van der Waals surface area (Å²) >= 11 is 0. The molecule has 130 valence electrons. The van der Waals surface area contributed by atoms with Gasteiger partial charge in [0.05, 0.1) is 11.5 Å². The smallest absolute Gasteiger partial charge is 0.305 e. The van der Waals surface area contributed by atoms with E-state index in [9.17, 15) is 13.2 Å². The Hall–Kier alpha value is -0.620. The highest BCUT2D eigenvalue weighted by Crippen LogP contribution is 2.15. The maximum absolute atomic E-state index is 11.6. The molecule has 0 spiro atoms. The summed E-state index contributed by atoms with van der Waals surface area (Å²) in [5.41, 5.74) is 0. The van der Waals surface area contributed by atoms with E-state index in [1.54, 1.807) is 0 Å². The summed E-state index contributed by atoms with van der Waals surface area (Å²) in [4.78, 5) is 13.7. The van der Waals surface area contributed by atoms with Crippen molar-refractivity contribution in [1.82, 2.24) is 4.90 Å². The number of carbonyl (C=O) groups excluding carboxylic acids is 1. The van der Waals surface area contributed by atoms with Crippen LogP contribution < -0.4 is 0 Å². The number of hydrogen-bond acceptors (Lipinski definition) is 5. The monoisotopic (exact) mass is 333 g/mol. The van der Waals surface area contributed by atoms with Crippen molar-refractivity contribution in [2.24, 2.45) is 5.92 Å². The van der Waals surface area contributed by atoms with Gasteiger partial charge in [-0.25, -0.2) is 8.42 Å². The first-order valence-electron chi connectivity index (χ1n) is 8.51. The zero-order valence-corrected chi connectivity index (χ0v) is 14.9. The molecule has 5 nitrogen and oxygen atoms in total. The number of esters is 1. The van der Waals surface area contributed by atoms with E-state index in [1.165, 1.54) is 19.3 Å². The van der Waals surface area contributed by atoms with E-state index in [0.717, 1.165) is 12.8 Å². The Kier molecular flexibility index (Phi) is 9.02. The van der Waals surface area contributed by atoms with Crippen LogP contribution in [-0.4, -0.2) is 57.0 Å². The van der Waals surface area contributed by atoms with E-state index in [-0.39, 0.29) is 17.5 Å². The first-order chi connectivity index (χ1) is 10.4. The molecule has 0 aromatic rings. The van der Waals surface area contributed by atoms with Gasteiger partial charge in [-0.3, -0.25) is 9.69 Å². The Morgan fingerprint density at radius 1 is 1.18 bits per heavy atom. The molecule has 1 aliphatic rings.